The molecule has 0 heterocycles. The van der Waals surface area contributed by atoms with E-state index in [2.05, 4.69) is 6.58 Å². The minimum absolute atomic E-state index is 0.150. The summed E-state index contributed by atoms with van der Waals surface area (Å²) in [4.78, 5) is 12.5. The average molecular weight is 263 g/mol. The molecule has 0 aromatic heterocycles. The lowest BCUT2D eigenvalue weighted by atomic mass is 10.1. The van der Waals surface area contributed by atoms with Gasteiger partial charge in [-0.1, -0.05) is 12.1 Å². The van der Waals surface area contributed by atoms with E-state index in [1.54, 1.807) is 18.2 Å². The molecule has 19 heavy (non-hydrogen) atoms. The van der Waals surface area contributed by atoms with Gasteiger partial charge in [-0.25, -0.2) is 9.18 Å². The smallest absolute Gasteiger partial charge is 0.328 e. The van der Waals surface area contributed by atoms with E-state index >= 15 is 0 Å². The standard InChI is InChI=1S/C15H18FNO2/c1-4-10-17(11(2)3)14-7-5-6-13(16)12(14)8-9-15(18)19/h4-9,11H,1,10H2,2-3H3,(H,18,19)/b9-8+. The Kier molecular flexibility index (Phi) is 5.30. The summed E-state index contributed by atoms with van der Waals surface area (Å²) in [5, 5.41) is 8.67. The van der Waals surface area contributed by atoms with Crippen LogP contribution >= 0.6 is 0 Å². The van der Waals surface area contributed by atoms with Crippen molar-refractivity contribution in [2.75, 3.05) is 11.4 Å². The first-order valence-corrected chi connectivity index (χ1v) is 6.04. The van der Waals surface area contributed by atoms with E-state index < -0.39 is 11.8 Å². The SMILES string of the molecule is C=CCN(c1cccc(F)c1/C=C/C(=O)O)C(C)C. The summed E-state index contributed by atoms with van der Waals surface area (Å²) in [5.74, 6) is -1.54. The molecule has 1 aromatic carbocycles. The van der Waals surface area contributed by atoms with Gasteiger partial charge >= 0.3 is 5.97 Å². The Hall–Kier alpha value is -2.10. The Bertz CT molecular complexity index is 495. The van der Waals surface area contributed by atoms with E-state index in [1.807, 2.05) is 18.7 Å². The topological polar surface area (TPSA) is 40.5 Å². The fourth-order valence-corrected chi connectivity index (χ4v) is 1.82. The van der Waals surface area contributed by atoms with Gasteiger partial charge in [0.25, 0.3) is 0 Å². The van der Waals surface area contributed by atoms with Crippen molar-refractivity contribution in [1.29, 1.82) is 0 Å². The molecular weight excluding hydrogens is 245 g/mol. The number of benzene rings is 1. The van der Waals surface area contributed by atoms with Crippen LogP contribution in [0.3, 0.4) is 0 Å². The lowest BCUT2D eigenvalue weighted by Gasteiger charge is -2.29. The number of aliphatic carboxylic acids is 1. The van der Waals surface area contributed by atoms with Crippen molar-refractivity contribution >= 4 is 17.7 Å². The highest BCUT2D eigenvalue weighted by atomic mass is 19.1. The molecule has 102 valence electrons. The fraction of sp³-hybridized carbons (Fsp3) is 0.267. The predicted molar refractivity (Wildman–Crippen MR) is 75.7 cm³/mol. The Morgan fingerprint density at radius 3 is 2.74 bits per heavy atom. The molecule has 1 aromatic rings. The zero-order chi connectivity index (χ0) is 14.4. The number of carboxylic acid groups (broad SMARTS) is 1. The Morgan fingerprint density at radius 2 is 2.21 bits per heavy atom. The van der Waals surface area contributed by atoms with Crippen LogP contribution < -0.4 is 4.90 Å². The second-order valence-corrected chi connectivity index (χ2v) is 4.38. The minimum Gasteiger partial charge on any atom is -0.478 e. The zero-order valence-electron chi connectivity index (χ0n) is 11.1. The van der Waals surface area contributed by atoms with Crippen molar-refractivity contribution < 1.29 is 14.3 Å². The molecule has 1 rings (SSSR count). The van der Waals surface area contributed by atoms with Gasteiger partial charge in [-0.15, -0.1) is 6.58 Å². The Morgan fingerprint density at radius 1 is 1.53 bits per heavy atom. The highest BCUT2D eigenvalue weighted by Gasteiger charge is 2.14. The number of hydrogen-bond donors (Lipinski definition) is 1. The van der Waals surface area contributed by atoms with Crippen LogP contribution in [-0.2, 0) is 4.79 Å². The average Bonchev–Trinajstić information content (AvgIpc) is 2.33. The quantitative estimate of drug-likeness (QED) is 0.632. The zero-order valence-corrected chi connectivity index (χ0v) is 11.1. The third kappa shape index (κ3) is 3.95. The first-order chi connectivity index (χ1) is 8.97. The van der Waals surface area contributed by atoms with Gasteiger partial charge in [-0.05, 0) is 32.1 Å². The second-order valence-electron chi connectivity index (χ2n) is 4.38. The molecule has 0 bridgehead atoms. The molecule has 0 amide bonds. The number of hydrogen-bond acceptors (Lipinski definition) is 2. The maximum atomic E-state index is 13.9. The lowest BCUT2D eigenvalue weighted by molar-refractivity contribution is -0.131. The van der Waals surface area contributed by atoms with Crippen LogP contribution in [0.25, 0.3) is 6.08 Å². The van der Waals surface area contributed by atoms with Gasteiger partial charge in [0.1, 0.15) is 5.82 Å². The number of nitrogens with zero attached hydrogens (tertiary/aromatic N) is 1. The van der Waals surface area contributed by atoms with Gasteiger partial charge in [0.2, 0.25) is 0 Å². The van der Waals surface area contributed by atoms with Gasteiger partial charge in [0.05, 0.1) is 0 Å². The molecular formula is C15H18FNO2. The number of carbonyl (C=O) groups is 1. The van der Waals surface area contributed by atoms with E-state index in [4.69, 9.17) is 5.11 Å². The van der Waals surface area contributed by atoms with Gasteiger partial charge in [-0.3, -0.25) is 0 Å². The maximum absolute atomic E-state index is 13.9. The number of halogens is 1. The molecule has 3 nitrogen and oxygen atoms in total. The van der Waals surface area contributed by atoms with Crippen molar-refractivity contribution in [3.8, 4) is 0 Å². The van der Waals surface area contributed by atoms with E-state index in [9.17, 15) is 9.18 Å². The van der Waals surface area contributed by atoms with Crippen LogP contribution in [-0.4, -0.2) is 23.7 Å². The van der Waals surface area contributed by atoms with Gasteiger partial charge in [-0.2, -0.15) is 0 Å². The van der Waals surface area contributed by atoms with Crippen LogP contribution in [0, 0.1) is 5.82 Å². The minimum atomic E-state index is -1.10. The molecule has 0 radical (unpaired) electrons. The van der Waals surface area contributed by atoms with Crippen molar-refractivity contribution in [1.82, 2.24) is 0 Å². The molecule has 4 heteroatoms. The molecule has 0 spiro atoms. The summed E-state index contributed by atoms with van der Waals surface area (Å²) < 4.78 is 13.9. The second kappa shape index (κ2) is 6.73. The largest absolute Gasteiger partial charge is 0.478 e. The maximum Gasteiger partial charge on any atom is 0.328 e. The molecule has 0 saturated heterocycles. The first-order valence-electron chi connectivity index (χ1n) is 6.04. The van der Waals surface area contributed by atoms with Crippen molar-refractivity contribution in [3.63, 3.8) is 0 Å². The third-order valence-electron chi connectivity index (χ3n) is 2.68. The monoisotopic (exact) mass is 263 g/mol. The number of carboxylic acids is 1. The normalized spacial score (nSPS) is 10.9. The van der Waals surface area contributed by atoms with Gasteiger partial charge < -0.3 is 10.0 Å². The summed E-state index contributed by atoms with van der Waals surface area (Å²) in [6.07, 6.45) is 3.95. The van der Waals surface area contributed by atoms with E-state index in [0.717, 1.165) is 6.08 Å². The van der Waals surface area contributed by atoms with Crippen LogP contribution in [0.4, 0.5) is 10.1 Å². The molecule has 0 unspecified atom stereocenters. The molecule has 0 aliphatic rings. The lowest BCUT2D eigenvalue weighted by Crippen LogP contribution is -2.31. The number of rotatable bonds is 6. The van der Waals surface area contributed by atoms with Crippen molar-refractivity contribution in [3.05, 3.63) is 48.3 Å². The molecule has 0 aliphatic carbocycles. The summed E-state index contributed by atoms with van der Waals surface area (Å²) in [5.41, 5.74) is 0.938. The summed E-state index contributed by atoms with van der Waals surface area (Å²) in [6, 6.07) is 4.85. The fourth-order valence-electron chi connectivity index (χ4n) is 1.82. The van der Waals surface area contributed by atoms with Crippen LogP contribution in [0.1, 0.15) is 19.4 Å². The molecule has 0 atom stereocenters. The molecule has 0 saturated carbocycles. The first kappa shape index (κ1) is 15.0. The third-order valence-corrected chi connectivity index (χ3v) is 2.68. The Labute approximate surface area is 112 Å². The van der Waals surface area contributed by atoms with Crippen LogP contribution in [0.5, 0.6) is 0 Å². The van der Waals surface area contributed by atoms with Crippen molar-refractivity contribution in [2.45, 2.75) is 19.9 Å². The van der Waals surface area contributed by atoms with Crippen LogP contribution in [0.2, 0.25) is 0 Å². The molecule has 0 aliphatic heterocycles. The van der Waals surface area contributed by atoms with E-state index in [0.29, 0.717) is 12.2 Å². The van der Waals surface area contributed by atoms with Gasteiger partial charge in [0, 0.05) is 29.9 Å². The number of anilines is 1. The predicted octanol–water partition coefficient (Wildman–Crippen LogP) is 3.32. The molecule has 0 fully saturated rings. The highest BCUT2D eigenvalue weighted by Crippen LogP contribution is 2.26. The van der Waals surface area contributed by atoms with E-state index in [-0.39, 0.29) is 11.6 Å². The summed E-state index contributed by atoms with van der Waals surface area (Å²) >= 11 is 0. The van der Waals surface area contributed by atoms with Crippen LogP contribution in [0.15, 0.2) is 36.9 Å². The van der Waals surface area contributed by atoms with Crippen molar-refractivity contribution in [2.24, 2.45) is 0 Å². The van der Waals surface area contributed by atoms with Gasteiger partial charge in [0.15, 0.2) is 0 Å². The highest BCUT2D eigenvalue weighted by molar-refractivity contribution is 5.87. The Balaban J connectivity index is 3.28. The van der Waals surface area contributed by atoms with E-state index in [1.165, 1.54) is 12.1 Å². The molecule has 1 N–H and O–H groups in total. The summed E-state index contributed by atoms with van der Waals surface area (Å²) in [6.45, 7) is 8.22. The summed E-state index contributed by atoms with van der Waals surface area (Å²) in [7, 11) is 0.